The number of fused-ring (bicyclic) bond motifs is 1. The lowest BCUT2D eigenvalue weighted by Gasteiger charge is -2.33. The van der Waals surface area contributed by atoms with Crippen LogP contribution in [0.2, 0.25) is 0 Å². The average molecular weight is 817 g/mol. The van der Waals surface area contributed by atoms with Crippen LogP contribution in [0.25, 0.3) is 11.2 Å². The maximum atomic E-state index is 14.7. The normalized spacial score (nSPS) is 14.7. The highest BCUT2D eigenvalue weighted by Crippen LogP contribution is 2.46. The molecule has 0 saturated carbocycles. The minimum absolute atomic E-state index is 0.0370. The number of nitrogens with zero attached hydrogens (tertiary/aromatic N) is 4. The van der Waals surface area contributed by atoms with Gasteiger partial charge in [0.05, 0.1) is 19.5 Å². The summed E-state index contributed by atoms with van der Waals surface area (Å²) >= 11 is 0. The first-order valence-electron chi connectivity index (χ1n) is 19.1. The predicted octanol–water partition coefficient (Wildman–Crippen LogP) is 7.46. The molecule has 13 nitrogen and oxygen atoms in total. The Hall–Kier alpha value is -4.52. The number of imidazole rings is 1. The average Bonchev–Trinajstić information content (AvgIpc) is 3.57. The lowest BCUT2D eigenvalue weighted by atomic mass is 9.98. The molecule has 4 aromatic rings. The Morgan fingerprint density at radius 1 is 1.00 bits per heavy atom. The van der Waals surface area contributed by atoms with E-state index in [-0.39, 0.29) is 47.9 Å². The molecular weight excluding hydrogens is 764 g/mol. The molecule has 0 bridgehead atoms. The van der Waals surface area contributed by atoms with Crippen LogP contribution in [0, 0.1) is 30.1 Å². The number of carbonyl (C=O) groups is 1. The van der Waals surface area contributed by atoms with E-state index in [9.17, 15) is 27.6 Å². The summed E-state index contributed by atoms with van der Waals surface area (Å²) in [6.45, 7) is 1.09. The number of aromatic nitrogens is 4. The monoisotopic (exact) mass is 816 g/mol. The summed E-state index contributed by atoms with van der Waals surface area (Å²) in [4.78, 5) is 24.9. The van der Waals surface area contributed by atoms with E-state index >= 15 is 0 Å². The van der Waals surface area contributed by atoms with E-state index in [0.29, 0.717) is 12.5 Å². The van der Waals surface area contributed by atoms with Gasteiger partial charge in [0.25, 0.3) is 0 Å². The van der Waals surface area contributed by atoms with Crippen LogP contribution < -0.4 is 15.3 Å². The van der Waals surface area contributed by atoms with Gasteiger partial charge in [-0.25, -0.2) is 18.3 Å². The predicted molar refractivity (Wildman–Crippen MR) is 209 cm³/mol. The van der Waals surface area contributed by atoms with Crippen molar-refractivity contribution in [1.29, 1.82) is 0 Å². The van der Waals surface area contributed by atoms with Crippen molar-refractivity contribution in [3.05, 3.63) is 78.1 Å². The van der Waals surface area contributed by atoms with Crippen LogP contribution in [0.4, 0.5) is 19.0 Å². The Labute approximate surface area is 331 Å². The SMILES string of the molecule is C#C[C@](COP(=O)(N[C@@H](Cc1cc(F)cc(F)c1)C(=O)OCCCCCCCCCCCCC)Oc1ccccc1)(OC)[C@@H](O)Cn1cnc2c(N)nc(F)nc21. The van der Waals surface area contributed by atoms with Gasteiger partial charge in [-0.15, -0.1) is 6.42 Å². The number of hydrogen-bond donors (Lipinski definition) is 3. The van der Waals surface area contributed by atoms with Gasteiger partial charge in [0.1, 0.15) is 41.7 Å². The standard InChI is InChI=1S/C40H52F3N6O7P/c1-4-6-7-8-9-10-11-12-13-14-18-21-54-38(51)33(24-29-22-30(41)25-31(42)23-29)48-57(52,56-32-19-16-15-17-20-32)55-27-40(5-2,53-3)34(50)26-49-28-45-35-36(44)46-39(43)47-37(35)49/h2,15-17,19-20,22-23,25,28,33-34,50H,4,6-14,18,21,24,26-27H2,1,3H3,(H,48,52)(H2,44,46,47)/t33-,34-,40+,57?/m0/s1. The molecule has 2 aromatic carbocycles. The van der Waals surface area contributed by atoms with E-state index in [1.165, 1.54) is 68.7 Å². The molecular formula is C40H52F3N6O7P. The van der Waals surface area contributed by atoms with Crippen molar-refractivity contribution >= 4 is 30.7 Å². The second-order valence-corrected chi connectivity index (χ2v) is 15.4. The maximum absolute atomic E-state index is 14.7. The summed E-state index contributed by atoms with van der Waals surface area (Å²) in [7, 11) is -3.52. The minimum atomic E-state index is -4.70. The molecule has 4 rings (SSSR count). The van der Waals surface area contributed by atoms with Crippen molar-refractivity contribution in [2.24, 2.45) is 0 Å². The first-order chi connectivity index (χ1) is 27.4. The fraction of sp³-hybridized carbons (Fsp3) is 0.500. The molecule has 0 fully saturated rings. The highest BCUT2D eigenvalue weighted by atomic mass is 31.2. The third kappa shape index (κ3) is 13.8. The fourth-order valence-corrected chi connectivity index (χ4v) is 7.68. The van der Waals surface area contributed by atoms with Crippen molar-refractivity contribution < 1.29 is 46.2 Å². The number of esters is 1. The number of terminal acetylenes is 1. The number of rotatable bonds is 26. The summed E-state index contributed by atoms with van der Waals surface area (Å²) in [5.41, 5.74) is 3.84. The molecule has 0 aliphatic heterocycles. The van der Waals surface area contributed by atoms with Crippen LogP contribution in [0.3, 0.4) is 0 Å². The molecule has 4 N–H and O–H groups in total. The van der Waals surface area contributed by atoms with E-state index in [2.05, 4.69) is 32.9 Å². The molecule has 0 aliphatic rings. The first-order valence-corrected chi connectivity index (χ1v) is 20.7. The molecule has 2 aromatic heterocycles. The van der Waals surface area contributed by atoms with Crippen LogP contribution >= 0.6 is 7.75 Å². The molecule has 0 radical (unpaired) electrons. The van der Waals surface area contributed by atoms with E-state index in [4.69, 9.17) is 30.7 Å². The zero-order chi connectivity index (χ0) is 41.3. The lowest BCUT2D eigenvalue weighted by molar-refractivity contribution is -0.146. The second-order valence-electron chi connectivity index (χ2n) is 13.7. The Balaban J connectivity index is 1.50. The molecule has 0 amide bonds. The fourth-order valence-electron chi connectivity index (χ4n) is 6.16. The van der Waals surface area contributed by atoms with Gasteiger partial charge in [0.15, 0.2) is 17.1 Å². The van der Waals surface area contributed by atoms with Gasteiger partial charge in [0.2, 0.25) is 0 Å². The van der Waals surface area contributed by atoms with E-state index < -0.39 is 55.8 Å². The number of nitrogens with two attached hydrogens (primary N) is 1. The number of nitrogens with one attached hydrogen (secondary N) is 1. The molecule has 1 unspecified atom stereocenters. The second kappa shape index (κ2) is 22.4. The third-order valence-electron chi connectivity index (χ3n) is 9.35. The number of para-hydroxylation sites is 1. The van der Waals surface area contributed by atoms with Crippen LogP contribution in [0.15, 0.2) is 54.9 Å². The largest absolute Gasteiger partial charge is 0.465 e. The van der Waals surface area contributed by atoms with Crippen molar-refractivity contribution in [1.82, 2.24) is 24.6 Å². The number of hydrogen-bond acceptors (Lipinski definition) is 11. The van der Waals surface area contributed by atoms with Crippen molar-refractivity contribution in [3.8, 4) is 18.1 Å². The molecule has 2 heterocycles. The number of benzene rings is 2. The van der Waals surface area contributed by atoms with Crippen LogP contribution in [0.1, 0.15) is 83.1 Å². The van der Waals surface area contributed by atoms with Crippen LogP contribution in [-0.2, 0) is 36.3 Å². The van der Waals surface area contributed by atoms with Gasteiger partial charge in [-0.1, -0.05) is 95.3 Å². The van der Waals surface area contributed by atoms with E-state index in [1.807, 2.05) is 0 Å². The van der Waals surface area contributed by atoms with Crippen molar-refractivity contribution in [2.45, 2.75) is 108 Å². The van der Waals surface area contributed by atoms with Crippen molar-refractivity contribution in [2.75, 3.05) is 26.1 Å². The van der Waals surface area contributed by atoms with Gasteiger partial charge in [-0.05, 0) is 42.7 Å². The van der Waals surface area contributed by atoms with Gasteiger partial charge >= 0.3 is 19.8 Å². The lowest BCUT2D eigenvalue weighted by Crippen LogP contribution is -2.49. The number of nitrogen functional groups attached to an aromatic ring is 1. The molecule has 310 valence electrons. The number of carbonyl (C=O) groups excluding carboxylic acids is 1. The van der Waals surface area contributed by atoms with E-state index in [1.54, 1.807) is 18.2 Å². The number of aliphatic hydroxyl groups is 1. The number of ether oxygens (including phenoxy) is 2. The first kappa shape index (κ1) is 45.2. The molecule has 0 aliphatic carbocycles. The Bertz CT molecular complexity index is 1950. The van der Waals surface area contributed by atoms with Crippen LogP contribution in [-0.4, -0.2) is 68.7 Å². The zero-order valence-electron chi connectivity index (χ0n) is 32.4. The van der Waals surface area contributed by atoms with Gasteiger partial charge < -0.3 is 29.4 Å². The number of methoxy groups -OCH3 is 1. The summed E-state index contributed by atoms with van der Waals surface area (Å²) in [6, 6.07) is 9.12. The van der Waals surface area contributed by atoms with Gasteiger partial charge in [-0.3, -0.25) is 9.32 Å². The van der Waals surface area contributed by atoms with E-state index in [0.717, 1.165) is 37.8 Å². The highest BCUT2D eigenvalue weighted by molar-refractivity contribution is 7.52. The number of aliphatic hydroxyl groups excluding tert-OH is 1. The summed E-state index contributed by atoms with van der Waals surface area (Å²) in [6.07, 6.45) is 16.0. The highest BCUT2D eigenvalue weighted by Gasteiger charge is 2.43. The zero-order valence-corrected chi connectivity index (χ0v) is 33.3. The molecule has 0 saturated heterocycles. The quantitative estimate of drug-likeness (QED) is 0.0188. The summed E-state index contributed by atoms with van der Waals surface area (Å²) in [5.74, 6) is -0.456. The maximum Gasteiger partial charge on any atom is 0.459 e. The Morgan fingerprint density at radius 3 is 2.25 bits per heavy atom. The number of halogens is 3. The molecule has 57 heavy (non-hydrogen) atoms. The van der Waals surface area contributed by atoms with Gasteiger partial charge in [-0.2, -0.15) is 19.4 Å². The minimum Gasteiger partial charge on any atom is -0.465 e. The molecule has 17 heteroatoms. The smallest absolute Gasteiger partial charge is 0.459 e. The third-order valence-corrected chi connectivity index (χ3v) is 10.9. The Morgan fingerprint density at radius 2 is 1.63 bits per heavy atom. The van der Waals surface area contributed by atoms with Crippen LogP contribution in [0.5, 0.6) is 5.75 Å². The Kier molecular flexibility index (Phi) is 17.8. The number of unbranched alkanes of at least 4 members (excludes halogenated alkanes) is 10. The number of anilines is 1. The summed E-state index contributed by atoms with van der Waals surface area (Å²) in [5, 5.41) is 14.0. The molecule has 0 spiro atoms. The van der Waals surface area contributed by atoms with Crippen molar-refractivity contribution in [3.63, 3.8) is 0 Å². The molecule has 4 atom stereocenters. The van der Waals surface area contributed by atoms with Gasteiger partial charge in [0, 0.05) is 13.2 Å². The summed E-state index contributed by atoms with van der Waals surface area (Å²) < 4.78 is 81.3. The topological polar surface area (TPSA) is 173 Å².